The number of hydrogen-bond acceptors (Lipinski definition) is 2. The number of halogens is 1. The van der Waals surface area contributed by atoms with E-state index in [1.807, 2.05) is 0 Å². The zero-order chi connectivity index (χ0) is 11.0. The number of carbonyl (C=O) groups is 2. The topological polar surface area (TPSA) is 70.2 Å². The first-order valence-electron chi connectivity index (χ1n) is 4.14. The molecule has 0 aliphatic heterocycles. The van der Waals surface area contributed by atoms with Crippen LogP contribution in [0.3, 0.4) is 0 Å². The minimum atomic E-state index is -1.48. The van der Waals surface area contributed by atoms with E-state index < -0.39 is 11.8 Å². The van der Waals surface area contributed by atoms with Crippen molar-refractivity contribution in [2.45, 2.75) is 0 Å². The highest BCUT2D eigenvalue weighted by atomic mass is 35.5. The number of H-pyrrole nitrogens is 1. The van der Waals surface area contributed by atoms with Gasteiger partial charge in [-0.2, -0.15) is 0 Å². The summed E-state index contributed by atoms with van der Waals surface area (Å²) < 4.78 is 0. The van der Waals surface area contributed by atoms with Crippen molar-refractivity contribution in [3.05, 3.63) is 35.0 Å². The SMILES string of the molecule is O=C(O)C(=O)c1c[nH]c2ccc(Cl)cc12. The number of aliphatic carboxylic acids is 1. The average Bonchev–Trinajstić information content (AvgIpc) is 2.59. The molecule has 0 amide bonds. The minimum absolute atomic E-state index is 0.125. The molecule has 5 heteroatoms. The van der Waals surface area contributed by atoms with Gasteiger partial charge in [0.2, 0.25) is 0 Å². The van der Waals surface area contributed by atoms with Gasteiger partial charge in [0.25, 0.3) is 5.78 Å². The van der Waals surface area contributed by atoms with Gasteiger partial charge in [0.15, 0.2) is 0 Å². The third kappa shape index (κ3) is 1.59. The van der Waals surface area contributed by atoms with Crippen LogP contribution < -0.4 is 0 Å². The highest BCUT2D eigenvalue weighted by Crippen LogP contribution is 2.22. The van der Waals surface area contributed by atoms with Crippen LogP contribution in [-0.4, -0.2) is 21.8 Å². The molecule has 1 heterocycles. The summed E-state index contributed by atoms with van der Waals surface area (Å²) in [5, 5.41) is 9.57. The molecule has 1 aromatic heterocycles. The van der Waals surface area contributed by atoms with Crippen LogP contribution in [0.1, 0.15) is 10.4 Å². The van der Waals surface area contributed by atoms with E-state index in [1.54, 1.807) is 18.2 Å². The Balaban J connectivity index is 2.67. The first-order chi connectivity index (χ1) is 7.09. The molecule has 4 nitrogen and oxygen atoms in total. The van der Waals surface area contributed by atoms with Crippen LogP contribution in [0.25, 0.3) is 10.9 Å². The van der Waals surface area contributed by atoms with E-state index in [9.17, 15) is 9.59 Å². The molecule has 0 spiro atoms. The number of ketones is 1. The van der Waals surface area contributed by atoms with Crippen LogP contribution >= 0.6 is 11.6 Å². The molecule has 0 aliphatic rings. The molecule has 0 bridgehead atoms. The normalized spacial score (nSPS) is 10.5. The van der Waals surface area contributed by atoms with Crippen molar-refractivity contribution in [3.63, 3.8) is 0 Å². The molecule has 1 aromatic carbocycles. The van der Waals surface area contributed by atoms with Gasteiger partial charge in [0.1, 0.15) is 0 Å². The summed E-state index contributed by atoms with van der Waals surface area (Å²) in [5.74, 6) is -2.42. The Bertz CT molecular complexity index is 559. The monoisotopic (exact) mass is 223 g/mol. The lowest BCUT2D eigenvalue weighted by Gasteiger charge is -1.94. The van der Waals surface area contributed by atoms with Crippen molar-refractivity contribution in [2.24, 2.45) is 0 Å². The summed E-state index contributed by atoms with van der Waals surface area (Å²) in [6.07, 6.45) is 1.37. The smallest absolute Gasteiger partial charge is 0.377 e. The number of carboxylic acids is 1. The molecule has 2 rings (SSSR count). The first-order valence-corrected chi connectivity index (χ1v) is 4.51. The zero-order valence-electron chi connectivity index (χ0n) is 7.45. The molecule has 0 aliphatic carbocycles. The van der Waals surface area contributed by atoms with Gasteiger partial charge in [-0.25, -0.2) is 4.79 Å². The van der Waals surface area contributed by atoms with Crippen molar-refractivity contribution < 1.29 is 14.7 Å². The fourth-order valence-electron chi connectivity index (χ4n) is 1.40. The van der Waals surface area contributed by atoms with Crippen molar-refractivity contribution >= 4 is 34.3 Å². The Morgan fingerprint density at radius 3 is 2.73 bits per heavy atom. The summed E-state index contributed by atoms with van der Waals surface area (Å²) >= 11 is 5.76. The van der Waals surface area contributed by atoms with E-state index in [2.05, 4.69) is 4.98 Å². The Labute approximate surface area is 89.5 Å². The Kier molecular flexibility index (Phi) is 2.21. The number of benzene rings is 1. The number of carboxylic acid groups (broad SMARTS) is 1. The molecule has 76 valence electrons. The Hall–Kier alpha value is -1.81. The Morgan fingerprint density at radius 1 is 1.33 bits per heavy atom. The average molecular weight is 224 g/mol. The van der Waals surface area contributed by atoms with Crippen LogP contribution in [-0.2, 0) is 4.79 Å². The van der Waals surface area contributed by atoms with Gasteiger partial charge in [-0.3, -0.25) is 4.79 Å². The maximum Gasteiger partial charge on any atom is 0.377 e. The van der Waals surface area contributed by atoms with Gasteiger partial charge in [0.05, 0.1) is 5.56 Å². The maximum absolute atomic E-state index is 11.3. The van der Waals surface area contributed by atoms with Gasteiger partial charge in [-0.1, -0.05) is 11.6 Å². The van der Waals surface area contributed by atoms with Gasteiger partial charge < -0.3 is 10.1 Å². The summed E-state index contributed by atoms with van der Waals surface area (Å²) in [4.78, 5) is 24.6. The van der Waals surface area contributed by atoms with Gasteiger partial charge in [-0.15, -0.1) is 0 Å². The molecule has 0 radical (unpaired) electrons. The van der Waals surface area contributed by atoms with E-state index >= 15 is 0 Å². The van der Waals surface area contributed by atoms with E-state index in [-0.39, 0.29) is 5.56 Å². The van der Waals surface area contributed by atoms with Gasteiger partial charge in [-0.05, 0) is 18.2 Å². The van der Waals surface area contributed by atoms with Crippen molar-refractivity contribution in [3.8, 4) is 0 Å². The number of rotatable bonds is 2. The maximum atomic E-state index is 11.3. The minimum Gasteiger partial charge on any atom is -0.475 e. The number of hydrogen-bond donors (Lipinski definition) is 2. The molecule has 0 unspecified atom stereocenters. The van der Waals surface area contributed by atoms with Crippen molar-refractivity contribution in [1.29, 1.82) is 0 Å². The molecule has 15 heavy (non-hydrogen) atoms. The lowest BCUT2D eigenvalue weighted by molar-refractivity contribution is -0.131. The highest BCUT2D eigenvalue weighted by molar-refractivity contribution is 6.42. The van der Waals surface area contributed by atoms with Crippen LogP contribution in [0.2, 0.25) is 5.02 Å². The molecule has 0 saturated carbocycles. The summed E-state index contributed by atoms with van der Waals surface area (Å²) in [7, 11) is 0. The second-order valence-corrected chi connectivity index (χ2v) is 3.46. The molecule has 0 atom stereocenters. The Morgan fingerprint density at radius 2 is 2.07 bits per heavy atom. The highest BCUT2D eigenvalue weighted by Gasteiger charge is 2.18. The predicted molar refractivity (Wildman–Crippen MR) is 55.3 cm³/mol. The number of aromatic nitrogens is 1. The largest absolute Gasteiger partial charge is 0.475 e. The predicted octanol–water partition coefficient (Wildman–Crippen LogP) is 2.09. The van der Waals surface area contributed by atoms with Crippen LogP contribution in [0.5, 0.6) is 0 Å². The van der Waals surface area contributed by atoms with Crippen molar-refractivity contribution in [1.82, 2.24) is 4.98 Å². The van der Waals surface area contributed by atoms with Crippen LogP contribution in [0.15, 0.2) is 24.4 Å². The molecular weight excluding hydrogens is 218 g/mol. The van der Waals surface area contributed by atoms with Crippen LogP contribution in [0, 0.1) is 0 Å². The number of Topliss-reactive ketones (excluding diaryl/α,β-unsaturated/α-hetero) is 1. The van der Waals surface area contributed by atoms with Crippen LogP contribution in [0.4, 0.5) is 0 Å². The third-order valence-corrected chi connectivity index (χ3v) is 2.32. The second-order valence-electron chi connectivity index (χ2n) is 3.03. The molecular formula is C10H6ClNO3. The molecule has 0 fully saturated rings. The standard InChI is InChI=1S/C10H6ClNO3/c11-5-1-2-8-6(3-5)7(4-12-8)9(13)10(14)15/h1-4,12H,(H,14,15). The number of nitrogens with one attached hydrogen (secondary N) is 1. The zero-order valence-corrected chi connectivity index (χ0v) is 8.21. The third-order valence-electron chi connectivity index (χ3n) is 2.08. The van der Waals surface area contributed by atoms with Gasteiger partial charge >= 0.3 is 5.97 Å². The lowest BCUT2D eigenvalue weighted by atomic mass is 10.1. The van der Waals surface area contributed by atoms with E-state index in [4.69, 9.17) is 16.7 Å². The summed E-state index contributed by atoms with van der Waals surface area (Å²) in [6.45, 7) is 0. The number of carbonyl (C=O) groups excluding carboxylic acids is 1. The van der Waals surface area contributed by atoms with Gasteiger partial charge in [0, 0.05) is 22.1 Å². The van der Waals surface area contributed by atoms with E-state index in [0.717, 1.165) is 0 Å². The molecule has 0 saturated heterocycles. The summed E-state index contributed by atoms with van der Waals surface area (Å²) in [6, 6.07) is 4.91. The number of aromatic amines is 1. The fourth-order valence-corrected chi connectivity index (χ4v) is 1.57. The van der Waals surface area contributed by atoms with E-state index in [0.29, 0.717) is 15.9 Å². The quantitative estimate of drug-likeness (QED) is 0.605. The second kappa shape index (κ2) is 3.40. The first kappa shape index (κ1) is 9.73. The molecule has 2 aromatic rings. The fraction of sp³-hybridized carbons (Fsp3) is 0. The number of fused-ring (bicyclic) bond motifs is 1. The molecule has 2 N–H and O–H groups in total. The summed E-state index contributed by atoms with van der Waals surface area (Å²) in [5.41, 5.74) is 0.809. The lowest BCUT2D eigenvalue weighted by Crippen LogP contribution is -2.11. The van der Waals surface area contributed by atoms with E-state index in [1.165, 1.54) is 6.20 Å². The van der Waals surface area contributed by atoms with Crippen molar-refractivity contribution in [2.75, 3.05) is 0 Å².